The maximum atomic E-state index is 12.2. The fourth-order valence-corrected chi connectivity index (χ4v) is 3.26. The maximum absolute atomic E-state index is 12.2. The molecule has 0 aliphatic carbocycles. The smallest absolute Gasteiger partial charge is 0.165 e. The monoisotopic (exact) mass is 323 g/mol. The first-order valence-electron chi connectivity index (χ1n) is 7.09. The zero-order valence-electron chi connectivity index (χ0n) is 11.7. The van der Waals surface area contributed by atoms with Gasteiger partial charge < -0.3 is 0 Å². The molecule has 1 heterocycles. The fraction of sp³-hybridized carbons (Fsp3) is 0.562. The zero-order chi connectivity index (χ0) is 13.8. The molecule has 19 heavy (non-hydrogen) atoms. The summed E-state index contributed by atoms with van der Waals surface area (Å²) in [6.45, 7) is 6.58. The van der Waals surface area contributed by atoms with Crippen molar-refractivity contribution in [1.82, 2.24) is 4.90 Å². The van der Waals surface area contributed by atoms with E-state index in [1.165, 1.54) is 12.8 Å². The highest BCUT2D eigenvalue weighted by molar-refractivity contribution is 9.10. The molecule has 0 radical (unpaired) electrons. The molecule has 0 amide bonds. The second kappa shape index (κ2) is 6.67. The molecule has 0 saturated carbocycles. The van der Waals surface area contributed by atoms with Gasteiger partial charge >= 0.3 is 0 Å². The lowest BCUT2D eigenvalue weighted by Gasteiger charge is -2.36. The van der Waals surface area contributed by atoms with Crippen LogP contribution in [0.15, 0.2) is 28.7 Å². The molecule has 1 aromatic rings. The number of rotatable bonds is 4. The van der Waals surface area contributed by atoms with E-state index >= 15 is 0 Å². The molecular weight excluding hydrogens is 302 g/mol. The Morgan fingerprint density at radius 1 is 1.32 bits per heavy atom. The minimum atomic E-state index is 0.234. The van der Waals surface area contributed by atoms with Crippen LogP contribution in [0, 0.1) is 5.92 Å². The topological polar surface area (TPSA) is 20.3 Å². The Balaban J connectivity index is 1.91. The molecule has 1 aliphatic rings. The Morgan fingerprint density at radius 2 is 2.05 bits per heavy atom. The third-order valence-electron chi connectivity index (χ3n) is 4.05. The Morgan fingerprint density at radius 3 is 2.79 bits per heavy atom. The molecule has 104 valence electrons. The highest BCUT2D eigenvalue weighted by Crippen LogP contribution is 2.22. The van der Waals surface area contributed by atoms with Crippen LogP contribution in [0.5, 0.6) is 0 Å². The van der Waals surface area contributed by atoms with Crippen molar-refractivity contribution in [3.8, 4) is 0 Å². The van der Waals surface area contributed by atoms with E-state index in [0.29, 0.717) is 12.5 Å². The van der Waals surface area contributed by atoms with E-state index < -0.39 is 0 Å². The van der Waals surface area contributed by atoms with Crippen molar-refractivity contribution >= 4 is 21.7 Å². The molecule has 2 atom stereocenters. The van der Waals surface area contributed by atoms with Gasteiger partial charge in [-0.1, -0.05) is 41.1 Å². The lowest BCUT2D eigenvalue weighted by Crippen LogP contribution is -2.42. The molecule has 0 bridgehead atoms. The summed E-state index contributed by atoms with van der Waals surface area (Å²) in [4.78, 5) is 14.7. The number of ketones is 1. The van der Waals surface area contributed by atoms with Crippen molar-refractivity contribution in [2.75, 3.05) is 13.1 Å². The van der Waals surface area contributed by atoms with Crippen LogP contribution in [0.1, 0.15) is 43.5 Å². The normalized spacial score (nSPS) is 24.4. The van der Waals surface area contributed by atoms with E-state index in [0.717, 1.165) is 29.0 Å². The fourth-order valence-electron chi connectivity index (χ4n) is 2.76. The first-order valence-corrected chi connectivity index (χ1v) is 7.89. The summed E-state index contributed by atoms with van der Waals surface area (Å²) >= 11 is 3.45. The Labute approximate surface area is 124 Å². The first kappa shape index (κ1) is 14.7. The SMILES string of the molecule is CC1CCC(C)N(CCC(=O)c2ccccc2Br)C1. The van der Waals surface area contributed by atoms with Gasteiger partial charge in [-0.05, 0) is 31.7 Å². The van der Waals surface area contributed by atoms with Crippen molar-refractivity contribution in [2.24, 2.45) is 5.92 Å². The second-order valence-electron chi connectivity index (χ2n) is 5.68. The predicted molar refractivity (Wildman–Crippen MR) is 82.5 cm³/mol. The van der Waals surface area contributed by atoms with Gasteiger partial charge in [0, 0.05) is 35.6 Å². The van der Waals surface area contributed by atoms with Crippen LogP contribution in [0.4, 0.5) is 0 Å². The second-order valence-corrected chi connectivity index (χ2v) is 6.53. The highest BCUT2D eigenvalue weighted by Gasteiger charge is 2.23. The van der Waals surface area contributed by atoms with Gasteiger partial charge in [0.1, 0.15) is 0 Å². The zero-order valence-corrected chi connectivity index (χ0v) is 13.3. The number of carbonyl (C=O) groups excluding carboxylic acids is 1. The van der Waals surface area contributed by atoms with Crippen molar-refractivity contribution in [2.45, 2.75) is 39.2 Å². The number of Topliss-reactive ketones (excluding diaryl/α,β-unsaturated/α-hetero) is 1. The number of halogens is 1. The van der Waals surface area contributed by atoms with Crippen molar-refractivity contribution in [3.63, 3.8) is 0 Å². The van der Waals surface area contributed by atoms with Crippen molar-refractivity contribution in [3.05, 3.63) is 34.3 Å². The van der Waals surface area contributed by atoms with Crippen LogP contribution >= 0.6 is 15.9 Å². The summed E-state index contributed by atoms with van der Waals surface area (Å²) in [5, 5.41) is 0. The number of likely N-dealkylation sites (tertiary alicyclic amines) is 1. The Bertz CT molecular complexity index is 446. The largest absolute Gasteiger partial charge is 0.300 e. The number of hydrogen-bond donors (Lipinski definition) is 0. The maximum Gasteiger partial charge on any atom is 0.165 e. The number of nitrogens with zero attached hydrogens (tertiary/aromatic N) is 1. The van der Waals surface area contributed by atoms with Gasteiger partial charge in [-0.2, -0.15) is 0 Å². The van der Waals surface area contributed by atoms with Crippen LogP contribution < -0.4 is 0 Å². The summed E-state index contributed by atoms with van der Waals surface area (Å²) < 4.78 is 0.903. The summed E-state index contributed by atoms with van der Waals surface area (Å²) in [5.74, 6) is 0.993. The van der Waals surface area contributed by atoms with Gasteiger partial charge in [0.25, 0.3) is 0 Å². The molecule has 1 saturated heterocycles. The van der Waals surface area contributed by atoms with Gasteiger partial charge in [-0.15, -0.1) is 0 Å². The van der Waals surface area contributed by atoms with Crippen LogP contribution in [0.3, 0.4) is 0 Å². The summed E-state index contributed by atoms with van der Waals surface area (Å²) in [6, 6.07) is 8.30. The Hall–Kier alpha value is -0.670. The van der Waals surface area contributed by atoms with E-state index in [9.17, 15) is 4.79 Å². The summed E-state index contributed by atoms with van der Waals surface area (Å²) in [6.07, 6.45) is 3.18. The molecule has 2 unspecified atom stereocenters. The van der Waals surface area contributed by atoms with E-state index in [2.05, 4.69) is 34.7 Å². The predicted octanol–water partition coefficient (Wildman–Crippen LogP) is 4.14. The molecule has 3 heteroatoms. The number of hydrogen-bond acceptors (Lipinski definition) is 2. The third-order valence-corrected chi connectivity index (χ3v) is 4.74. The van der Waals surface area contributed by atoms with E-state index in [1.54, 1.807) is 0 Å². The quantitative estimate of drug-likeness (QED) is 0.776. The third kappa shape index (κ3) is 3.90. The Kier molecular flexibility index (Phi) is 5.17. The first-order chi connectivity index (χ1) is 9.08. The molecular formula is C16H22BrNO. The number of piperidine rings is 1. The average molecular weight is 324 g/mol. The summed E-state index contributed by atoms with van der Waals surface area (Å²) in [5.41, 5.74) is 0.806. The summed E-state index contributed by atoms with van der Waals surface area (Å²) in [7, 11) is 0. The highest BCUT2D eigenvalue weighted by atomic mass is 79.9. The number of benzene rings is 1. The molecule has 2 nitrogen and oxygen atoms in total. The van der Waals surface area contributed by atoms with Crippen LogP contribution in [-0.2, 0) is 0 Å². The van der Waals surface area contributed by atoms with Gasteiger partial charge in [0.15, 0.2) is 5.78 Å². The lowest BCUT2D eigenvalue weighted by atomic mass is 9.94. The van der Waals surface area contributed by atoms with Gasteiger partial charge in [0.2, 0.25) is 0 Å². The molecule has 0 aromatic heterocycles. The molecule has 0 N–H and O–H groups in total. The van der Waals surface area contributed by atoms with Gasteiger partial charge in [0.05, 0.1) is 0 Å². The molecule has 1 fully saturated rings. The standard InChI is InChI=1S/C16H22BrNO/c1-12-7-8-13(2)18(11-12)10-9-16(19)14-5-3-4-6-15(14)17/h3-6,12-13H,7-11H2,1-2H3. The minimum absolute atomic E-state index is 0.234. The lowest BCUT2D eigenvalue weighted by molar-refractivity contribution is 0.0899. The van der Waals surface area contributed by atoms with Gasteiger partial charge in [-0.25, -0.2) is 0 Å². The van der Waals surface area contributed by atoms with Crippen molar-refractivity contribution in [1.29, 1.82) is 0 Å². The van der Waals surface area contributed by atoms with Crippen LogP contribution in [0.2, 0.25) is 0 Å². The van der Waals surface area contributed by atoms with E-state index in [1.807, 2.05) is 24.3 Å². The molecule has 0 spiro atoms. The van der Waals surface area contributed by atoms with Crippen LogP contribution in [0.25, 0.3) is 0 Å². The van der Waals surface area contributed by atoms with Crippen molar-refractivity contribution < 1.29 is 4.79 Å². The molecule has 1 aliphatic heterocycles. The van der Waals surface area contributed by atoms with E-state index in [4.69, 9.17) is 0 Å². The average Bonchev–Trinajstić information content (AvgIpc) is 2.40. The number of carbonyl (C=O) groups is 1. The van der Waals surface area contributed by atoms with Crippen LogP contribution in [-0.4, -0.2) is 29.8 Å². The molecule has 1 aromatic carbocycles. The minimum Gasteiger partial charge on any atom is -0.300 e. The molecule has 2 rings (SSSR count). The van der Waals surface area contributed by atoms with E-state index in [-0.39, 0.29) is 5.78 Å². The van der Waals surface area contributed by atoms with Gasteiger partial charge in [-0.3, -0.25) is 9.69 Å².